The Labute approximate surface area is 91.8 Å². The summed E-state index contributed by atoms with van der Waals surface area (Å²) < 4.78 is 5.15. The van der Waals surface area contributed by atoms with Crippen molar-refractivity contribution < 1.29 is 4.74 Å². The largest absolute Gasteiger partial charge is 0.378 e. The van der Waals surface area contributed by atoms with Crippen LogP contribution in [0.5, 0.6) is 0 Å². The van der Waals surface area contributed by atoms with Gasteiger partial charge in [-0.05, 0) is 11.6 Å². The Morgan fingerprint density at radius 2 is 2.14 bits per heavy atom. The van der Waals surface area contributed by atoms with Gasteiger partial charge in [-0.15, -0.1) is 0 Å². The highest BCUT2D eigenvalue weighted by molar-refractivity contribution is 6.32. The Kier molecular flexibility index (Phi) is 2.76. The van der Waals surface area contributed by atoms with E-state index in [9.17, 15) is 0 Å². The van der Waals surface area contributed by atoms with Gasteiger partial charge in [-0.3, -0.25) is 0 Å². The second-order valence-corrected chi connectivity index (χ2v) is 3.81. The van der Waals surface area contributed by atoms with Crippen LogP contribution in [0.2, 0.25) is 10.4 Å². The summed E-state index contributed by atoms with van der Waals surface area (Å²) in [6, 6.07) is 1.69. The average molecular weight is 234 g/mol. The molecule has 2 heterocycles. The van der Waals surface area contributed by atoms with Crippen molar-refractivity contribution in [3.05, 3.63) is 16.5 Å². The topological polar surface area (TPSA) is 38.2 Å². The zero-order valence-corrected chi connectivity index (χ0v) is 9.09. The molecule has 6 heteroatoms. The van der Waals surface area contributed by atoms with Gasteiger partial charge < -0.3 is 9.64 Å². The Morgan fingerprint density at radius 3 is 2.71 bits per heavy atom. The highest BCUT2D eigenvalue weighted by Crippen LogP contribution is 2.23. The van der Waals surface area contributed by atoms with E-state index in [1.54, 1.807) is 13.2 Å². The minimum Gasteiger partial charge on any atom is -0.378 e. The fourth-order valence-electron chi connectivity index (χ4n) is 1.32. The first-order valence-electron chi connectivity index (χ1n) is 4.17. The number of aromatic nitrogens is 2. The molecule has 4 nitrogen and oxygen atoms in total. The molecular weight excluding hydrogens is 225 g/mol. The van der Waals surface area contributed by atoms with Crippen molar-refractivity contribution in [3.63, 3.8) is 0 Å². The number of rotatable bonds is 2. The van der Waals surface area contributed by atoms with Crippen LogP contribution in [0.1, 0.15) is 0 Å². The summed E-state index contributed by atoms with van der Waals surface area (Å²) in [5, 5.41) is 0.536. The molecule has 0 N–H and O–H groups in total. The van der Waals surface area contributed by atoms with Gasteiger partial charge in [-0.25, -0.2) is 9.97 Å². The minimum atomic E-state index is 0.174. The molecule has 1 aromatic rings. The van der Waals surface area contributed by atoms with Gasteiger partial charge in [0.05, 0.1) is 6.10 Å². The lowest BCUT2D eigenvalue weighted by Crippen LogP contribution is -2.52. The zero-order chi connectivity index (χ0) is 10.1. The lowest BCUT2D eigenvalue weighted by atomic mass is 10.2. The van der Waals surface area contributed by atoms with Gasteiger partial charge in [-0.1, -0.05) is 11.6 Å². The maximum atomic E-state index is 5.75. The molecule has 76 valence electrons. The second-order valence-electron chi connectivity index (χ2n) is 3.08. The minimum absolute atomic E-state index is 0.174. The highest BCUT2D eigenvalue weighted by Gasteiger charge is 2.27. The van der Waals surface area contributed by atoms with E-state index in [4.69, 9.17) is 27.9 Å². The third-order valence-electron chi connectivity index (χ3n) is 2.16. The summed E-state index contributed by atoms with van der Waals surface area (Å²) >= 11 is 11.4. The molecule has 14 heavy (non-hydrogen) atoms. The van der Waals surface area contributed by atoms with E-state index in [2.05, 4.69) is 9.97 Å². The van der Waals surface area contributed by atoms with E-state index in [0.29, 0.717) is 5.15 Å². The van der Waals surface area contributed by atoms with Crippen molar-refractivity contribution in [2.75, 3.05) is 25.1 Å². The molecule has 0 spiro atoms. The maximum Gasteiger partial charge on any atom is 0.225 e. The molecule has 1 aliphatic heterocycles. The molecule has 0 aliphatic carbocycles. The first-order valence-corrected chi connectivity index (χ1v) is 4.92. The van der Waals surface area contributed by atoms with E-state index in [1.165, 1.54) is 0 Å². The summed E-state index contributed by atoms with van der Waals surface area (Å²) in [5.74, 6) is 0.753. The van der Waals surface area contributed by atoms with Crippen LogP contribution in [0, 0.1) is 0 Å². The van der Waals surface area contributed by atoms with Crippen LogP contribution in [0.25, 0.3) is 0 Å². The fourth-order valence-corrected chi connectivity index (χ4v) is 1.71. The number of ether oxygens (including phenoxy) is 1. The average Bonchev–Trinajstić information content (AvgIpc) is 2.00. The predicted octanol–water partition coefficient (Wildman–Crippen LogP) is 1.62. The van der Waals surface area contributed by atoms with Crippen molar-refractivity contribution in [1.29, 1.82) is 0 Å². The molecule has 0 bridgehead atoms. The van der Waals surface area contributed by atoms with Crippen molar-refractivity contribution in [1.82, 2.24) is 9.97 Å². The number of halogens is 2. The zero-order valence-electron chi connectivity index (χ0n) is 7.57. The Bertz CT molecular complexity index is 321. The molecule has 0 atom stereocenters. The van der Waals surface area contributed by atoms with Gasteiger partial charge in [0.1, 0.15) is 11.0 Å². The number of hydrogen-bond acceptors (Lipinski definition) is 4. The SMILES string of the molecule is COC1CN(c2cc(Cl)nc(Cl)n2)C1. The van der Waals surface area contributed by atoms with E-state index >= 15 is 0 Å². The number of anilines is 1. The quantitative estimate of drug-likeness (QED) is 0.575. The maximum absolute atomic E-state index is 5.75. The van der Waals surface area contributed by atoms with E-state index in [-0.39, 0.29) is 11.4 Å². The summed E-state index contributed by atoms with van der Waals surface area (Å²) in [4.78, 5) is 9.88. The normalized spacial score (nSPS) is 16.9. The van der Waals surface area contributed by atoms with Crippen molar-refractivity contribution in [2.45, 2.75) is 6.10 Å². The number of methoxy groups -OCH3 is 1. The predicted molar refractivity (Wildman–Crippen MR) is 55.1 cm³/mol. The van der Waals surface area contributed by atoms with Gasteiger partial charge >= 0.3 is 0 Å². The van der Waals surface area contributed by atoms with Crippen molar-refractivity contribution in [2.24, 2.45) is 0 Å². The van der Waals surface area contributed by atoms with E-state index in [0.717, 1.165) is 18.9 Å². The van der Waals surface area contributed by atoms with E-state index in [1.807, 2.05) is 4.90 Å². The molecule has 0 radical (unpaired) electrons. The monoisotopic (exact) mass is 233 g/mol. The fraction of sp³-hybridized carbons (Fsp3) is 0.500. The number of hydrogen-bond donors (Lipinski definition) is 0. The van der Waals surface area contributed by atoms with Gasteiger partial charge in [0, 0.05) is 26.3 Å². The van der Waals surface area contributed by atoms with Crippen LogP contribution < -0.4 is 4.90 Å². The third kappa shape index (κ3) is 1.92. The van der Waals surface area contributed by atoms with Crippen LogP contribution in [-0.2, 0) is 4.74 Å². The van der Waals surface area contributed by atoms with Gasteiger partial charge in [0.2, 0.25) is 5.28 Å². The summed E-state index contributed by atoms with van der Waals surface area (Å²) in [5.41, 5.74) is 0. The molecule has 1 aliphatic rings. The second kappa shape index (κ2) is 3.88. The first-order chi connectivity index (χ1) is 6.69. The molecule has 0 amide bonds. The van der Waals surface area contributed by atoms with Gasteiger partial charge in [0.15, 0.2) is 0 Å². The molecule has 0 unspecified atom stereocenters. The summed E-state index contributed by atoms with van der Waals surface area (Å²) in [6.07, 6.45) is 0.280. The molecule has 1 fully saturated rings. The number of nitrogens with zero attached hydrogens (tertiary/aromatic N) is 3. The molecular formula is C8H9Cl2N3O. The smallest absolute Gasteiger partial charge is 0.225 e. The van der Waals surface area contributed by atoms with Gasteiger partial charge in [-0.2, -0.15) is 0 Å². The van der Waals surface area contributed by atoms with Crippen molar-refractivity contribution in [3.8, 4) is 0 Å². The lowest BCUT2D eigenvalue weighted by molar-refractivity contribution is 0.0783. The summed E-state index contributed by atoms with van der Waals surface area (Å²) in [7, 11) is 1.70. The Balaban J connectivity index is 2.10. The molecule has 0 aromatic carbocycles. The van der Waals surface area contributed by atoms with Crippen molar-refractivity contribution >= 4 is 29.0 Å². The molecule has 2 rings (SSSR count). The Hall–Kier alpha value is -0.580. The summed E-state index contributed by atoms with van der Waals surface area (Å²) in [6.45, 7) is 1.64. The molecule has 0 saturated carbocycles. The highest BCUT2D eigenvalue weighted by atomic mass is 35.5. The van der Waals surface area contributed by atoms with Crippen LogP contribution in [0.15, 0.2) is 6.07 Å². The van der Waals surface area contributed by atoms with Crippen LogP contribution in [0.4, 0.5) is 5.82 Å². The molecule has 1 aromatic heterocycles. The standard InChI is InChI=1S/C8H9Cl2N3O/c1-14-5-3-13(4-5)7-2-6(9)11-8(10)12-7/h2,5H,3-4H2,1H3. The van der Waals surface area contributed by atoms with E-state index < -0.39 is 0 Å². The lowest BCUT2D eigenvalue weighted by Gasteiger charge is -2.38. The van der Waals surface area contributed by atoms with Crippen LogP contribution in [-0.4, -0.2) is 36.3 Å². The first kappa shape index (κ1) is 9.96. The Morgan fingerprint density at radius 1 is 1.43 bits per heavy atom. The molecule has 1 saturated heterocycles. The van der Waals surface area contributed by atoms with Crippen LogP contribution >= 0.6 is 23.2 Å². The van der Waals surface area contributed by atoms with Gasteiger partial charge in [0.25, 0.3) is 0 Å². The third-order valence-corrected chi connectivity index (χ3v) is 2.52. The van der Waals surface area contributed by atoms with Crippen LogP contribution in [0.3, 0.4) is 0 Å².